The largest absolute Gasteiger partial charge is 0.481 e. The van der Waals surface area contributed by atoms with Crippen LogP contribution in [0, 0.1) is 3.57 Å². The van der Waals surface area contributed by atoms with Gasteiger partial charge >= 0.3 is 0 Å². The lowest BCUT2D eigenvalue weighted by Gasteiger charge is -2.16. The molecule has 0 heterocycles. The number of halogens is 2. The maximum Gasteiger partial charge on any atom is 0.279 e. The third-order valence-corrected chi connectivity index (χ3v) is 5.01. The van der Waals surface area contributed by atoms with Crippen molar-refractivity contribution in [2.75, 3.05) is 0 Å². The molecule has 5 nitrogen and oxygen atoms in total. The Balaban J connectivity index is 1.59. The number of fused-ring (bicyclic) bond motifs is 1. The minimum absolute atomic E-state index is 0.420. The summed E-state index contributed by atoms with van der Waals surface area (Å²) in [6.45, 7) is 1.61. The molecule has 0 saturated heterocycles. The third-order valence-electron chi connectivity index (χ3n) is 3.88. The van der Waals surface area contributed by atoms with E-state index in [0.717, 1.165) is 10.8 Å². The van der Waals surface area contributed by atoms with Crippen molar-refractivity contribution in [1.29, 1.82) is 0 Å². The van der Waals surface area contributed by atoms with Crippen LogP contribution in [0.2, 0.25) is 5.02 Å². The van der Waals surface area contributed by atoms with E-state index in [1.54, 1.807) is 31.2 Å². The number of ether oxygens (including phenoxy) is 1. The van der Waals surface area contributed by atoms with Crippen LogP contribution in [0.15, 0.2) is 60.7 Å². The second-order valence-electron chi connectivity index (χ2n) is 5.84. The van der Waals surface area contributed by atoms with Gasteiger partial charge in [0.2, 0.25) is 0 Å². The lowest BCUT2D eigenvalue weighted by Crippen LogP contribution is -2.47. The number of amides is 2. The molecule has 7 heteroatoms. The second kappa shape index (κ2) is 8.58. The Kier molecular flexibility index (Phi) is 6.18. The Morgan fingerprint density at radius 1 is 1.00 bits per heavy atom. The molecular weight excluding hydrogens is 479 g/mol. The maximum absolute atomic E-state index is 12.2. The molecule has 1 atom stereocenters. The van der Waals surface area contributed by atoms with Gasteiger partial charge in [-0.1, -0.05) is 41.9 Å². The molecule has 27 heavy (non-hydrogen) atoms. The molecule has 0 fully saturated rings. The second-order valence-corrected chi connectivity index (χ2v) is 7.44. The molecular formula is C20H16ClIN2O3. The summed E-state index contributed by atoms with van der Waals surface area (Å²) in [5, 5.41) is 2.65. The van der Waals surface area contributed by atoms with Gasteiger partial charge in [0, 0.05) is 8.59 Å². The summed E-state index contributed by atoms with van der Waals surface area (Å²) < 4.78 is 6.37. The first-order chi connectivity index (χ1) is 12.9. The molecule has 0 spiro atoms. The summed E-state index contributed by atoms with van der Waals surface area (Å²) in [4.78, 5) is 24.4. The minimum atomic E-state index is -0.782. The number of rotatable bonds is 4. The molecule has 138 valence electrons. The summed E-state index contributed by atoms with van der Waals surface area (Å²) >= 11 is 7.89. The molecule has 0 aromatic heterocycles. The summed E-state index contributed by atoms with van der Waals surface area (Å²) in [6.07, 6.45) is -0.782. The van der Waals surface area contributed by atoms with Crippen LogP contribution < -0.4 is 15.6 Å². The lowest BCUT2D eigenvalue weighted by atomic mass is 10.1. The molecule has 0 aliphatic carbocycles. The summed E-state index contributed by atoms with van der Waals surface area (Å²) in [5.74, 6) is -0.308. The predicted molar refractivity (Wildman–Crippen MR) is 114 cm³/mol. The van der Waals surface area contributed by atoms with Gasteiger partial charge in [-0.15, -0.1) is 0 Å². The maximum atomic E-state index is 12.2. The van der Waals surface area contributed by atoms with Crippen molar-refractivity contribution in [3.63, 3.8) is 0 Å². The molecule has 1 unspecified atom stereocenters. The first-order valence-electron chi connectivity index (χ1n) is 8.15. The fourth-order valence-electron chi connectivity index (χ4n) is 2.46. The highest BCUT2D eigenvalue weighted by atomic mass is 127. The fraction of sp³-hybridized carbons (Fsp3) is 0.100. The SMILES string of the molecule is CC(Oc1ccc2ccccc2c1)C(=O)NNC(=O)c1ccc(Cl)cc1I. The van der Waals surface area contributed by atoms with Gasteiger partial charge in [-0.2, -0.15) is 0 Å². The molecule has 3 rings (SSSR count). The molecule has 3 aromatic rings. The summed E-state index contributed by atoms with van der Waals surface area (Å²) in [7, 11) is 0. The Labute approximate surface area is 175 Å². The van der Waals surface area contributed by atoms with E-state index in [2.05, 4.69) is 10.9 Å². The van der Waals surface area contributed by atoms with Crippen LogP contribution >= 0.6 is 34.2 Å². The quantitative estimate of drug-likeness (QED) is 0.419. The number of benzene rings is 3. The van der Waals surface area contributed by atoms with Crippen LogP contribution in [-0.4, -0.2) is 17.9 Å². The van der Waals surface area contributed by atoms with Gasteiger partial charge in [0.1, 0.15) is 5.75 Å². The van der Waals surface area contributed by atoms with E-state index in [1.807, 2.05) is 59.0 Å². The Hall–Kier alpha value is -2.32. The van der Waals surface area contributed by atoms with Crippen molar-refractivity contribution >= 4 is 56.8 Å². The van der Waals surface area contributed by atoms with Crippen LogP contribution in [0.4, 0.5) is 0 Å². The van der Waals surface area contributed by atoms with Crippen LogP contribution in [0.5, 0.6) is 5.75 Å². The minimum Gasteiger partial charge on any atom is -0.481 e. The Morgan fingerprint density at radius 3 is 2.48 bits per heavy atom. The highest BCUT2D eigenvalue weighted by Crippen LogP contribution is 2.21. The lowest BCUT2D eigenvalue weighted by molar-refractivity contribution is -0.128. The first-order valence-corrected chi connectivity index (χ1v) is 9.60. The Bertz CT molecular complexity index is 1010. The summed E-state index contributed by atoms with van der Waals surface area (Å²) in [5.41, 5.74) is 5.19. The normalized spacial score (nSPS) is 11.7. The van der Waals surface area contributed by atoms with Crippen LogP contribution in [0.3, 0.4) is 0 Å². The molecule has 0 radical (unpaired) electrons. The highest BCUT2D eigenvalue weighted by molar-refractivity contribution is 14.1. The van der Waals surface area contributed by atoms with Gasteiger partial charge in [-0.05, 0) is 70.6 Å². The smallest absolute Gasteiger partial charge is 0.279 e. The molecule has 0 bridgehead atoms. The van der Waals surface area contributed by atoms with Gasteiger partial charge in [0.15, 0.2) is 6.10 Å². The molecule has 2 amide bonds. The van der Waals surface area contributed by atoms with E-state index in [9.17, 15) is 9.59 Å². The van der Waals surface area contributed by atoms with E-state index >= 15 is 0 Å². The molecule has 0 aliphatic heterocycles. The standard InChI is InChI=1S/C20H16ClIN2O3/c1-12(27-16-8-6-13-4-2-3-5-14(13)10-16)19(25)23-24-20(26)17-9-7-15(21)11-18(17)22/h2-12H,1H3,(H,23,25)(H,24,26). The number of carbonyl (C=O) groups excluding carboxylic acids is 2. The van der Waals surface area contributed by atoms with Gasteiger partial charge in [0.05, 0.1) is 5.56 Å². The van der Waals surface area contributed by atoms with Crippen LogP contribution in [0.25, 0.3) is 10.8 Å². The van der Waals surface area contributed by atoms with E-state index in [1.165, 1.54) is 0 Å². The zero-order valence-corrected chi connectivity index (χ0v) is 17.2. The van der Waals surface area contributed by atoms with Crippen molar-refractivity contribution in [2.24, 2.45) is 0 Å². The van der Waals surface area contributed by atoms with Crippen molar-refractivity contribution in [3.8, 4) is 5.75 Å². The molecule has 3 aromatic carbocycles. The number of nitrogens with one attached hydrogen (secondary N) is 2. The molecule has 0 saturated carbocycles. The predicted octanol–water partition coefficient (Wildman–Crippen LogP) is 4.33. The van der Waals surface area contributed by atoms with E-state index in [-0.39, 0.29) is 0 Å². The van der Waals surface area contributed by atoms with E-state index < -0.39 is 17.9 Å². The highest BCUT2D eigenvalue weighted by Gasteiger charge is 2.17. The van der Waals surface area contributed by atoms with Gasteiger partial charge in [-0.3, -0.25) is 20.4 Å². The van der Waals surface area contributed by atoms with Gasteiger partial charge in [0.25, 0.3) is 11.8 Å². The summed E-state index contributed by atoms with van der Waals surface area (Å²) in [6, 6.07) is 18.4. The van der Waals surface area contributed by atoms with Gasteiger partial charge < -0.3 is 4.74 Å². The van der Waals surface area contributed by atoms with Crippen molar-refractivity contribution in [1.82, 2.24) is 10.9 Å². The van der Waals surface area contributed by atoms with Crippen molar-refractivity contribution in [2.45, 2.75) is 13.0 Å². The Morgan fingerprint density at radius 2 is 1.74 bits per heavy atom. The van der Waals surface area contributed by atoms with E-state index in [0.29, 0.717) is 19.9 Å². The van der Waals surface area contributed by atoms with Crippen molar-refractivity contribution in [3.05, 3.63) is 74.8 Å². The third kappa shape index (κ3) is 4.90. The molecule has 0 aliphatic rings. The zero-order valence-electron chi connectivity index (χ0n) is 14.3. The number of hydrogen-bond acceptors (Lipinski definition) is 3. The average Bonchev–Trinajstić information content (AvgIpc) is 2.65. The first kappa shape index (κ1) is 19.4. The van der Waals surface area contributed by atoms with Crippen molar-refractivity contribution < 1.29 is 14.3 Å². The van der Waals surface area contributed by atoms with Crippen LogP contribution in [0.1, 0.15) is 17.3 Å². The fourth-order valence-corrected chi connectivity index (χ4v) is 3.58. The number of hydrogen-bond donors (Lipinski definition) is 2. The average molecular weight is 495 g/mol. The number of carbonyl (C=O) groups is 2. The van der Waals surface area contributed by atoms with E-state index in [4.69, 9.17) is 16.3 Å². The topological polar surface area (TPSA) is 67.4 Å². The molecule has 2 N–H and O–H groups in total. The van der Waals surface area contributed by atoms with Crippen LogP contribution in [-0.2, 0) is 4.79 Å². The number of hydrazine groups is 1. The monoisotopic (exact) mass is 494 g/mol. The zero-order chi connectivity index (χ0) is 19.4. The van der Waals surface area contributed by atoms with Gasteiger partial charge in [-0.25, -0.2) is 0 Å².